The molecule has 33 heavy (non-hydrogen) atoms. The number of aromatic hydroxyl groups is 1. The first-order valence-corrected chi connectivity index (χ1v) is 11.2. The lowest BCUT2D eigenvalue weighted by Crippen LogP contribution is -2.47. The molecule has 0 saturated carbocycles. The number of rotatable bonds is 6. The summed E-state index contributed by atoms with van der Waals surface area (Å²) in [6.07, 6.45) is -0.0674. The lowest BCUT2D eigenvalue weighted by molar-refractivity contribution is -0.170. The van der Waals surface area contributed by atoms with Crippen LogP contribution in [-0.2, 0) is 18.9 Å². The molecule has 2 aliphatic heterocycles. The summed E-state index contributed by atoms with van der Waals surface area (Å²) in [4.78, 5) is 29.1. The zero-order valence-electron chi connectivity index (χ0n) is 20.0. The van der Waals surface area contributed by atoms with Gasteiger partial charge in [0.1, 0.15) is 29.4 Å². The Kier molecular flexibility index (Phi) is 7.07. The first-order valence-electron chi connectivity index (χ1n) is 11.2. The number of ether oxygens (including phenoxy) is 4. The molecule has 4 atom stereocenters. The highest BCUT2D eigenvalue weighted by Crippen LogP contribution is 2.49. The van der Waals surface area contributed by atoms with Gasteiger partial charge in [0, 0.05) is 12.2 Å². The van der Waals surface area contributed by atoms with E-state index in [1.165, 1.54) is 11.0 Å². The minimum absolute atomic E-state index is 0.171. The second-order valence-electron chi connectivity index (χ2n) is 9.82. The van der Waals surface area contributed by atoms with E-state index < -0.39 is 53.2 Å². The van der Waals surface area contributed by atoms with Crippen LogP contribution < -0.4 is 5.56 Å². The fraction of sp³-hybridized carbons (Fsp3) is 0.696. The van der Waals surface area contributed by atoms with Gasteiger partial charge in [-0.3, -0.25) is 14.7 Å². The topological polar surface area (TPSA) is 134 Å². The van der Waals surface area contributed by atoms with Crippen LogP contribution in [0.1, 0.15) is 71.6 Å². The second-order valence-corrected chi connectivity index (χ2v) is 9.82. The molecule has 2 aliphatic rings. The fourth-order valence-corrected chi connectivity index (χ4v) is 4.24. The molecule has 1 aromatic heterocycles. The number of likely N-dealkylation sites (tertiary alicyclic amines) is 1. The van der Waals surface area contributed by atoms with Crippen molar-refractivity contribution in [3.8, 4) is 11.9 Å². The number of nitrogens with zero attached hydrogens (tertiary/aromatic N) is 2. The molecule has 0 aromatic carbocycles. The minimum Gasteiger partial charge on any atom is -0.494 e. The minimum atomic E-state index is -0.939. The number of H-pyrrole nitrogens is 1. The second kappa shape index (κ2) is 9.33. The Labute approximate surface area is 193 Å². The van der Waals surface area contributed by atoms with Crippen LogP contribution in [0.3, 0.4) is 0 Å². The molecule has 1 amide bonds. The van der Waals surface area contributed by atoms with Crippen molar-refractivity contribution in [2.24, 2.45) is 0 Å². The number of fused-ring (bicyclic) bond motifs is 1. The maximum atomic E-state index is 13.4. The molecule has 0 spiro atoms. The normalized spacial score (nSPS) is 26.2. The molecule has 2 N–H and O–H groups in total. The molecule has 0 aliphatic carbocycles. The Morgan fingerprint density at radius 2 is 2.00 bits per heavy atom. The first-order chi connectivity index (χ1) is 15.4. The number of pyridine rings is 1. The van der Waals surface area contributed by atoms with Gasteiger partial charge in [-0.15, -0.1) is 0 Å². The lowest BCUT2D eigenvalue weighted by Gasteiger charge is -2.35. The van der Waals surface area contributed by atoms with Crippen molar-refractivity contribution >= 4 is 6.09 Å². The molecule has 3 heterocycles. The number of aromatic amines is 1. The number of carbonyl (C=O) groups excluding carboxylic acids is 1. The summed E-state index contributed by atoms with van der Waals surface area (Å²) in [5, 5.41) is 20.0. The van der Waals surface area contributed by atoms with Crippen LogP contribution in [-0.4, -0.2) is 63.9 Å². The van der Waals surface area contributed by atoms with Gasteiger partial charge in [-0.1, -0.05) is 13.3 Å². The zero-order chi connectivity index (χ0) is 24.6. The van der Waals surface area contributed by atoms with Gasteiger partial charge < -0.3 is 24.1 Å². The van der Waals surface area contributed by atoms with E-state index in [4.69, 9.17) is 18.9 Å². The SMILES string of the molecule is CCCCOC[C@@H]1[C@H]2OC(C)(C)O[C@H]2[C@H](c2cc(C#N)c(=O)[nH]c2O)N1C(=O)OC(C)(C)C. The van der Waals surface area contributed by atoms with E-state index in [0.29, 0.717) is 6.61 Å². The molecule has 0 unspecified atom stereocenters. The van der Waals surface area contributed by atoms with E-state index in [0.717, 1.165) is 12.8 Å². The van der Waals surface area contributed by atoms with E-state index in [1.807, 2.05) is 6.07 Å². The van der Waals surface area contributed by atoms with Crippen LogP contribution in [0.25, 0.3) is 0 Å². The molecule has 2 fully saturated rings. The number of hydrogen-bond donors (Lipinski definition) is 2. The number of nitriles is 1. The Morgan fingerprint density at radius 1 is 1.33 bits per heavy atom. The average molecular weight is 464 g/mol. The van der Waals surface area contributed by atoms with Crippen LogP contribution in [0, 0.1) is 11.3 Å². The third-order valence-electron chi connectivity index (χ3n) is 5.54. The van der Waals surface area contributed by atoms with Gasteiger partial charge in [0.15, 0.2) is 11.7 Å². The van der Waals surface area contributed by atoms with Crippen LogP contribution in [0.15, 0.2) is 10.9 Å². The van der Waals surface area contributed by atoms with Crippen LogP contribution in [0.4, 0.5) is 4.79 Å². The molecule has 2 saturated heterocycles. The lowest BCUT2D eigenvalue weighted by atomic mass is 10.0. The highest BCUT2D eigenvalue weighted by atomic mass is 16.8. The molecule has 182 valence electrons. The summed E-state index contributed by atoms with van der Waals surface area (Å²) >= 11 is 0. The molecule has 10 nitrogen and oxygen atoms in total. The Hall–Kier alpha value is -2.61. The van der Waals surface area contributed by atoms with Gasteiger partial charge >= 0.3 is 6.09 Å². The molecule has 0 radical (unpaired) electrons. The number of carbonyl (C=O) groups is 1. The van der Waals surface area contributed by atoms with Crippen molar-refractivity contribution in [3.63, 3.8) is 0 Å². The van der Waals surface area contributed by atoms with Crippen molar-refractivity contribution in [2.45, 2.75) is 90.1 Å². The smallest absolute Gasteiger partial charge is 0.411 e. The van der Waals surface area contributed by atoms with Crippen molar-refractivity contribution in [3.05, 3.63) is 27.5 Å². The summed E-state index contributed by atoms with van der Waals surface area (Å²) in [7, 11) is 0. The van der Waals surface area contributed by atoms with Crippen molar-refractivity contribution in [1.82, 2.24) is 9.88 Å². The van der Waals surface area contributed by atoms with Gasteiger partial charge in [0.2, 0.25) is 0 Å². The van der Waals surface area contributed by atoms with Gasteiger partial charge in [-0.2, -0.15) is 5.26 Å². The zero-order valence-corrected chi connectivity index (χ0v) is 20.0. The van der Waals surface area contributed by atoms with Crippen molar-refractivity contribution in [2.75, 3.05) is 13.2 Å². The predicted molar refractivity (Wildman–Crippen MR) is 118 cm³/mol. The summed E-state index contributed by atoms with van der Waals surface area (Å²) in [5.41, 5.74) is -1.52. The maximum absolute atomic E-state index is 13.4. The van der Waals surface area contributed by atoms with E-state index in [-0.39, 0.29) is 17.7 Å². The number of nitrogens with one attached hydrogen (secondary N) is 1. The van der Waals surface area contributed by atoms with Crippen LogP contribution >= 0.6 is 0 Å². The van der Waals surface area contributed by atoms with Gasteiger partial charge in [-0.25, -0.2) is 4.79 Å². The standard InChI is InChI=1S/C23H33N3O7/c1-7-8-9-30-12-15-17-18(32-23(5,6)31-17)16(26(15)21(29)33-22(2,3)4)14-10-13(11-24)19(27)25-20(14)28/h10,15-18H,7-9,12H2,1-6H3,(H2,25,27,28)/t15-,16+,17-,18+/m1/s1. The monoisotopic (exact) mass is 463 g/mol. The number of amides is 1. The van der Waals surface area contributed by atoms with Crippen molar-refractivity contribution < 1.29 is 28.8 Å². The molecule has 0 bridgehead atoms. The van der Waals surface area contributed by atoms with E-state index in [9.17, 15) is 20.0 Å². The van der Waals surface area contributed by atoms with Crippen molar-refractivity contribution in [1.29, 1.82) is 5.26 Å². The summed E-state index contributed by atoms with van der Waals surface area (Å²) < 4.78 is 23.8. The highest BCUT2D eigenvalue weighted by molar-refractivity contribution is 5.71. The summed E-state index contributed by atoms with van der Waals surface area (Å²) in [5.74, 6) is -1.39. The van der Waals surface area contributed by atoms with Crippen LogP contribution in [0.5, 0.6) is 5.88 Å². The van der Waals surface area contributed by atoms with E-state index >= 15 is 0 Å². The Morgan fingerprint density at radius 3 is 2.61 bits per heavy atom. The van der Waals surface area contributed by atoms with Gasteiger partial charge in [-0.05, 0) is 47.1 Å². The quantitative estimate of drug-likeness (QED) is 0.615. The molecular weight excluding hydrogens is 430 g/mol. The number of aromatic nitrogens is 1. The van der Waals surface area contributed by atoms with Gasteiger partial charge in [0.05, 0.1) is 18.7 Å². The maximum Gasteiger partial charge on any atom is 0.411 e. The third-order valence-corrected chi connectivity index (χ3v) is 5.54. The Balaban J connectivity index is 2.09. The van der Waals surface area contributed by atoms with Gasteiger partial charge in [0.25, 0.3) is 5.56 Å². The predicted octanol–water partition coefficient (Wildman–Crippen LogP) is 2.95. The molecule has 3 rings (SSSR count). The highest BCUT2D eigenvalue weighted by Gasteiger charge is 2.61. The fourth-order valence-electron chi connectivity index (χ4n) is 4.24. The molecule has 10 heteroatoms. The number of hydrogen-bond acceptors (Lipinski definition) is 8. The molecular formula is C23H33N3O7. The summed E-state index contributed by atoms with van der Waals surface area (Å²) in [6, 6.07) is 1.64. The first kappa shape index (κ1) is 25.0. The molecule has 1 aromatic rings. The van der Waals surface area contributed by atoms with E-state index in [1.54, 1.807) is 34.6 Å². The largest absolute Gasteiger partial charge is 0.494 e. The third kappa shape index (κ3) is 5.32. The van der Waals surface area contributed by atoms with Crippen LogP contribution in [0.2, 0.25) is 0 Å². The number of unbranched alkanes of at least 4 members (excludes halogenated alkanes) is 1. The van der Waals surface area contributed by atoms with E-state index in [2.05, 4.69) is 11.9 Å². The average Bonchev–Trinajstić information content (AvgIpc) is 3.15. The summed E-state index contributed by atoms with van der Waals surface area (Å²) in [6.45, 7) is 11.5. The Bertz CT molecular complexity index is 976.